The number of pyridine rings is 1. The van der Waals surface area contributed by atoms with Gasteiger partial charge in [0.2, 0.25) is 0 Å². The van der Waals surface area contributed by atoms with Crippen LogP contribution >= 0.6 is 0 Å². The lowest BCUT2D eigenvalue weighted by Crippen LogP contribution is -2.61. The molecule has 3 nitrogen and oxygen atoms in total. The zero-order chi connectivity index (χ0) is 19.4. The largest absolute Gasteiger partial charge is 0.495 e. The smallest absolute Gasteiger partial charge is 0.137 e. The molecule has 1 saturated carbocycles. The summed E-state index contributed by atoms with van der Waals surface area (Å²) in [6, 6.07) is 2.19. The van der Waals surface area contributed by atoms with Gasteiger partial charge in [-0.15, -0.1) is 0 Å². The van der Waals surface area contributed by atoms with Crippen molar-refractivity contribution < 1.29 is 4.74 Å². The summed E-state index contributed by atoms with van der Waals surface area (Å²) in [7, 11) is 1.74. The third-order valence-corrected chi connectivity index (χ3v) is 9.14. The van der Waals surface area contributed by atoms with E-state index in [0.29, 0.717) is 11.0 Å². The number of fused-ring (bicyclic) bond motifs is 5. The van der Waals surface area contributed by atoms with Gasteiger partial charge >= 0.3 is 0 Å². The van der Waals surface area contributed by atoms with E-state index in [2.05, 4.69) is 35.9 Å². The van der Waals surface area contributed by atoms with Gasteiger partial charge in [0.05, 0.1) is 13.3 Å². The first-order chi connectivity index (χ1) is 13.6. The number of hydrogen-bond donors (Lipinski definition) is 0. The molecule has 0 radical (unpaired) electrons. The van der Waals surface area contributed by atoms with Gasteiger partial charge in [0.15, 0.2) is 0 Å². The van der Waals surface area contributed by atoms with Crippen molar-refractivity contribution in [3.05, 3.63) is 30.1 Å². The molecule has 0 aromatic carbocycles. The molecule has 5 atom stereocenters. The van der Waals surface area contributed by atoms with Crippen LogP contribution in [0.3, 0.4) is 0 Å². The molecule has 152 valence electrons. The van der Waals surface area contributed by atoms with E-state index in [0.717, 1.165) is 23.5 Å². The van der Waals surface area contributed by atoms with Crippen LogP contribution in [0, 0.1) is 23.2 Å². The number of aromatic nitrogens is 1. The summed E-state index contributed by atoms with van der Waals surface area (Å²) >= 11 is 0. The summed E-state index contributed by atoms with van der Waals surface area (Å²) in [5.74, 6) is 3.44. The van der Waals surface area contributed by atoms with Crippen molar-refractivity contribution in [1.29, 1.82) is 0 Å². The molecule has 2 aliphatic carbocycles. The molecule has 4 aliphatic rings. The highest BCUT2D eigenvalue weighted by atomic mass is 16.5. The minimum Gasteiger partial charge on any atom is -0.495 e. The van der Waals surface area contributed by atoms with Crippen LogP contribution in [0.1, 0.15) is 70.8 Å². The predicted octanol–water partition coefficient (Wildman–Crippen LogP) is 5.56. The zero-order valence-electron chi connectivity index (χ0n) is 17.9. The van der Waals surface area contributed by atoms with Crippen LogP contribution in [0.2, 0.25) is 0 Å². The van der Waals surface area contributed by atoms with E-state index in [1.807, 2.05) is 12.4 Å². The number of nitrogens with zero attached hydrogens (tertiary/aromatic N) is 2. The molecule has 0 N–H and O–H groups in total. The molecular formula is C25H36N2O. The van der Waals surface area contributed by atoms with Gasteiger partial charge in [-0.1, -0.05) is 25.8 Å². The Morgan fingerprint density at radius 1 is 1.04 bits per heavy atom. The average molecular weight is 381 g/mol. The Labute approximate surface area is 170 Å². The van der Waals surface area contributed by atoms with E-state index >= 15 is 0 Å². The molecular weight excluding hydrogens is 344 g/mol. The highest BCUT2D eigenvalue weighted by Gasteiger charge is 2.57. The lowest BCUT2D eigenvalue weighted by molar-refractivity contribution is -0.0868. The Bertz CT molecular complexity index is 774. The van der Waals surface area contributed by atoms with Gasteiger partial charge in [0.1, 0.15) is 5.75 Å². The monoisotopic (exact) mass is 380 g/mol. The Morgan fingerprint density at radius 2 is 1.93 bits per heavy atom. The van der Waals surface area contributed by atoms with Crippen LogP contribution in [-0.2, 0) is 0 Å². The van der Waals surface area contributed by atoms with Gasteiger partial charge < -0.3 is 4.74 Å². The molecule has 0 bridgehead atoms. The van der Waals surface area contributed by atoms with Crippen molar-refractivity contribution in [3.63, 3.8) is 0 Å². The van der Waals surface area contributed by atoms with Crippen molar-refractivity contribution in [2.45, 2.75) is 70.8 Å². The van der Waals surface area contributed by atoms with E-state index in [1.165, 1.54) is 75.6 Å². The molecule has 2 saturated heterocycles. The van der Waals surface area contributed by atoms with Crippen molar-refractivity contribution in [2.75, 3.05) is 20.2 Å². The first kappa shape index (κ1) is 18.7. The van der Waals surface area contributed by atoms with Crippen molar-refractivity contribution >= 4 is 5.57 Å². The molecule has 1 aromatic rings. The fraction of sp³-hybridized carbons (Fsp3) is 0.720. The summed E-state index contributed by atoms with van der Waals surface area (Å²) < 4.78 is 5.46. The van der Waals surface area contributed by atoms with Gasteiger partial charge in [-0.3, -0.25) is 9.88 Å². The maximum atomic E-state index is 5.46. The van der Waals surface area contributed by atoms with Crippen LogP contribution in [0.25, 0.3) is 5.57 Å². The zero-order valence-corrected chi connectivity index (χ0v) is 17.9. The highest BCUT2D eigenvalue weighted by molar-refractivity contribution is 5.73. The summed E-state index contributed by atoms with van der Waals surface area (Å²) in [6.45, 7) is 7.82. The third-order valence-electron chi connectivity index (χ3n) is 9.14. The molecule has 3 fully saturated rings. The lowest BCUT2D eigenvalue weighted by Gasteiger charge is -2.60. The maximum Gasteiger partial charge on any atom is 0.137 e. The van der Waals surface area contributed by atoms with Crippen LogP contribution in [0.4, 0.5) is 0 Å². The molecule has 0 spiro atoms. The predicted molar refractivity (Wildman–Crippen MR) is 114 cm³/mol. The first-order valence-corrected chi connectivity index (χ1v) is 11.5. The Kier molecular flexibility index (Phi) is 4.58. The summed E-state index contributed by atoms with van der Waals surface area (Å²) in [6.07, 6.45) is 17.5. The number of ether oxygens (including phenoxy) is 1. The van der Waals surface area contributed by atoms with E-state index < -0.39 is 0 Å². The molecule has 2 aliphatic heterocycles. The second-order valence-electron chi connectivity index (χ2n) is 10.2. The van der Waals surface area contributed by atoms with Gasteiger partial charge in [0, 0.05) is 11.7 Å². The van der Waals surface area contributed by atoms with E-state index in [-0.39, 0.29) is 0 Å². The fourth-order valence-corrected chi connectivity index (χ4v) is 7.62. The number of hydrogen-bond acceptors (Lipinski definition) is 3. The summed E-state index contributed by atoms with van der Waals surface area (Å²) in [5.41, 5.74) is 3.57. The molecule has 2 unspecified atom stereocenters. The van der Waals surface area contributed by atoms with Crippen molar-refractivity contribution in [1.82, 2.24) is 9.88 Å². The van der Waals surface area contributed by atoms with E-state index in [9.17, 15) is 0 Å². The van der Waals surface area contributed by atoms with Gasteiger partial charge in [-0.2, -0.15) is 0 Å². The first-order valence-electron chi connectivity index (χ1n) is 11.5. The maximum absolute atomic E-state index is 5.46. The SMILES string of the molecule is COc1cncc(C2=CCC3[C@@H]4CCN5CCCCC[C@]5(C)C4CC[C@]23C)c1. The number of piperidine rings is 1. The van der Waals surface area contributed by atoms with Gasteiger partial charge in [-0.25, -0.2) is 0 Å². The third kappa shape index (κ3) is 2.69. The minimum atomic E-state index is 0.304. The molecule has 5 rings (SSSR count). The van der Waals surface area contributed by atoms with E-state index in [4.69, 9.17) is 4.74 Å². The lowest BCUT2D eigenvalue weighted by atomic mass is 9.52. The average Bonchev–Trinajstić information content (AvgIpc) is 2.94. The minimum absolute atomic E-state index is 0.304. The van der Waals surface area contributed by atoms with Gasteiger partial charge in [-0.05, 0) is 98.9 Å². The second kappa shape index (κ2) is 6.86. The fourth-order valence-electron chi connectivity index (χ4n) is 7.62. The molecule has 1 aromatic heterocycles. The van der Waals surface area contributed by atoms with Crippen LogP contribution in [0.5, 0.6) is 5.75 Å². The molecule has 28 heavy (non-hydrogen) atoms. The van der Waals surface area contributed by atoms with Crippen LogP contribution < -0.4 is 4.74 Å². The topological polar surface area (TPSA) is 25.4 Å². The molecule has 3 heteroatoms. The standard InChI is InChI=1S/C25H36N2O/c1-24-12-9-23-20(10-14-27-13-6-4-5-11-25(23,27)2)22(24)8-7-21(24)18-15-19(28-3)17-26-16-18/h7,15-17,20,22-23H,4-6,8-14H2,1-3H3/t20-,22?,23?,24+,25+/m0/s1. The molecule has 0 amide bonds. The van der Waals surface area contributed by atoms with Crippen LogP contribution in [0.15, 0.2) is 24.5 Å². The Morgan fingerprint density at radius 3 is 2.79 bits per heavy atom. The highest BCUT2D eigenvalue weighted by Crippen LogP contribution is 2.63. The summed E-state index contributed by atoms with van der Waals surface area (Å²) in [4.78, 5) is 7.34. The number of rotatable bonds is 2. The van der Waals surface area contributed by atoms with Crippen molar-refractivity contribution in [3.8, 4) is 5.75 Å². The van der Waals surface area contributed by atoms with Crippen molar-refractivity contribution in [2.24, 2.45) is 23.2 Å². The quantitative estimate of drug-likeness (QED) is 0.671. The second-order valence-corrected chi connectivity index (χ2v) is 10.2. The molecule has 3 heterocycles. The Balaban J connectivity index is 1.44. The summed E-state index contributed by atoms with van der Waals surface area (Å²) in [5, 5.41) is 0. The van der Waals surface area contributed by atoms with Gasteiger partial charge in [0.25, 0.3) is 0 Å². The van der Waals surface area contributed by atoms with E-state index in [1.54, 1.807) is 7.11 Å². The van der Waals surface area contributed by atoms with Crippen LogP contribution in [-0.4, -0.2) is 35.6 Å². The Hall–Kier alpha value is -1.35. The number of methoxy groups -OCH3 is 1. The number of allylic oxidation sites excluding steroid dienone is 2. The normalized spacial score (nSPS) is 40.7.